The number of carbonyl (C=O) groups excluding carboxylic acids is 1. The molecule has 3 N–H and O–H groups in total. The van der Waals surface area contributed by atoms with E-state index >= 15 is 0 Å². The molecule has 6 nitrogen and oxygen atoms in total. The number of hydrogen-bond donors (Lipinski definition) is 3. The molecule has 0 bridgehead atoms. The number of rotatable bonds is 14. The topological polar surface area (TPSA) is 96.2 Å². The molecule has 2 rings (SSSR count). The van der Waals surface area contributed by atoms with Crippen molar-refractivity contribution in [1.82, 2.24) is 0 Å². The number of aromatic hydroxyl groups is 1. The molecule has 0 radical (unpaired) electrons. The first kappa shape index (κ1) is 23.5. The Balaban J connectivity index is 1.57. The van der Waals surface area contributed by atoms with Crippen LogP contribution in [0.1, 0.15) is 99.6 Å². The van der Waals surface area contributed by atoms with Crippen molar-refractivity contribution in [2.45, 2.75) is 95.9 Å². The van der Waals surface area contributed by atoms with Gasteiger partial charge in [0.05, 0.1) is 19.3 Å². The van der Waals surface area contributed by atoms with Crippen LogP contribution >= 0.6 is 0 Å². The van der Waals surface area contributed by atoms with E-state index < -0.39 is 0 Å². The van der Waals surface area contributed by atoms with Crippen LogP contribution in [0, 0.1) is 0 Å². The maximum absolute atomic E-state index is 12.1. The molecule has 6 heteroatoms. The number of aliphatic hydroxyl groups is 2. The molecule has 3 unspecified atom stereocenters. The van der Waals surface area contributed by atoms with Crippen molar-refractivity contribution >= 4 is 5.97 Å². The van der Waals surface area contributed by atoms with Gasteiger partial charge in [-0.3, -0.25) is 0 Å². The molecular formula is C23H36O6. The van der Waals surface area contributed by atoms with Gasteiger partial charge in [-0.2, -0.15) is 0 Å². The van der Waals surface area contributed by atoms with Gasteiger partial charge in [-0.05, 0) is 45.1 Å². The number of esters is 1. The summed E-state index contributed by atoms with van der Waals surface area (Å²) in [5, 5.41) is 28.9. The van der Waals surface area contributed by atoms with Crippen LogP contribution in [0.3, 0.4) is 0 Å². The highest BCUT2D eigenvalue weighted by atomic mass is 16.6. The number of benzene rings is 1. The third-order valence-corrected chi connectivity index (χ3v) is 5.56. The van der Waals surface area contributed by atoms with Crippen LogP contribution in [0.15, 0.2) is 12.1 Å². The Morgan fingerprint density at radius 2 is 1.66 bits per heavy atom. The third-order valence-electron chi connectivity index (χ3n) is 5.56. The molecule has 0 saturated heterocycles. The summed E-state index contributed by atoms with van der Waals surface area (Å²) >= 11 is 0. The fraction of sp³-hybridized carbons (Fsp3) is 0.696. The molecule has 1 aromatic carbocycles. The number of ether oxygens (including phenoxy) is 2. The van der Waals surface area contributed by atoms with E-state index in [1.54, 1.807) is 13.0 Å². The minimum Gasteiger partial charge on any atom is -0.508 e. The van der Waals surface area contributed by atoms with Crippen molar-refractivity contribution in [1.29, 1.82) is 0 Å². The summed E-state index contributed by atoms with van der Waals surface area (Å²) in [6.45, 7) is 1.75. The van der Waals surface area contributed by atoms with Crippen molar-refractivity contribution < 1.29 is 29.6 Å². The molecule has 164 valence electrons. The summed E-state index contributed by atoms with van der Waals surface area (Å²) in [4.78, 5) is 12.1. The minimum absolute atomic E-state index is 0.0832. The maximum Gasteiger partial charge on any atom is 0.342 e. The number of phenols is 1. The summed E-state index contributed by atoms with van der Waals surface area (Å²) in [6, 6.07) is 3.04. The first-order valence-corrected chi connectivity index (χ1v) is 10.9. The monoisotopic (exact) mass is 408 g/mol. The van der Waals surface area contributed by atoms with Crippen LogP contribution in [-0.2, 0) is 4.74 Å². The quantitative estimate of drug-likeness (QED) is 0.306. The Morgan fingerprint density at radius 1 is 1.00 bits per heavy atom. The smallest absolute Gasteiger partial charge is 0.342 e. The average molecular weight is 409 g/mol. The Labute approximate surface area is 173 Å². The Hall–Kier alpha value is -1.79. The lowest BCUT2D eigenvalue weighted by Gasteiger charge is -2.12. The molecule has 1 heterocycles. The van der Waals surface area contributed by atoms with Crippen molar-refractivity contribution in [3.05, 3.63) is 23.3 Å². The van der Waals surface area contributed by atoms with Gasteiger partial charge in [0.15, 0.2) is 0 Å². The summed E-state index contributed by atoms with van der Waals surface area (Å²) < 4.78 is 10.7. The summed E-state index contributed by atoms with van der Waals surface area (Å²) in [5.41, 5.74) is 1.16. The fourth-order valence-electron chi connectivity index (χ4n) is 3.89. The summed E-state index contributed by atoms with van der Waals surface area (Å²) in [5.74, 6) is 0.0702. The maximum atomic E-state index is 12.1. The Bertz CT molecular complexity index is 643. The standard InChI is InChI=1S/C23H36O6/c1-16(24)12-13-17(25)10-8-6-4-3-5-7-9-11-20-19-14-18(26)15-21(28-2)22(19)23(27)29-20/h14-17,20,24-26H,3-13H2,1-2H3. The second-order valence-electron chi connectivity index (χ2n) is 8.14. The van der Waals surface area contributed by atoms with E-state index in [2.05, 4.69) is 0 Å². The normalized spacial score (nSPS) is 17.7. The number of cyclic esters (lactones) is 1. The number of hydrogen-bond acceptors (Lipinski definition) is 6. The molecule has 0 saturated carbocycles. The van der Waals surface area contributed by atoms with Gasteiger partial charge in [-0.15, -0.1) is 0 Å². The highest BCUT2D eigenvalue weighted by molar-refractivity contribution is 5.97. The van der Waals surface area contributed by atoms with Crippen molar-refractivity contribution in [2.75, 3.05) is 7.11 Å². The van der Waals surface area contributed by atoms with Crippen LogP contribution in [0.25, 0.3) is 0 Å². The average Bonchev–Trinajstić information content (AvgIpc) is 2.99. The number of fused-ring (bicyclic) bond motifs is 1. The lowest BCUT2D eigenvalue weighted by Crippen LogP contribution is -2.10. The zero-order valence-electron chi connectivity index (χ0n) is 17.7. The van der Waals surface area contributed by atoms with Gasteiger partial charge in [-0.1, -0.05) is 38.5 Å². The predicted molar refractivity (Wildman–Crippen MR) is 111 cm³/mol. The van der Waals surface area contributed by atoms with E-state index in [0.29, 0.717) is 24.2 Å². The largest absolute Gasteiger partial charge is 0.508 e. The molecule has 0 fully saturated rings. The second kappa shape index (κ2) is 12.0. The van der Waals surface area contributed by atoms with Gasteiger partial charge >= 0.3 is 5.97 Å². The predicted octanol–water partition coefficient (Wildman–Crippen LogP) is 4.65. The zero-order valence-corrected chi connectivity index (χ0v) is 17.7. The van der Waals surface area contributed by atoms with Gasteiger partial charge in [0.25, 0.3) is 0 Å². The molecule has 0 amide bonds. The van der Waals surface area contributed by atoms with Crippen LogP contribution < -0.4 is 4.74 Å². The van der Waals surface area contributed by atoms with Crippen LogP contribution in [-0.4, -0.2) is 40.6 Å². The molecule has 1 aliphatic heterocycles. The van der Waals surface area contributed by atoms with Crippen molar-refractivity contribution in [3.8, 4) is 11.5 Å². The molecule has 1 aliphatic rings. The molecule has 3 atom stereocenters. The molecule has 29 heavy (non-hydrogen) atoms. The number of unbranched alkanes of at least 4 members (excludes halogenated alkanes) is 6. The summed E-state index contributed by atoms with van der Waals surface area (Å²) in [7, 11) is 1.48. The van der Waals surface area contributed by atoms with Crippen LogP contribution in [0.4, 0.5) is 0 Å². The first-order valence-electron chi connectivity index (χ1n) is 10.9. The van der Waals surface area contributed by atoms with E-state index in [9.17, 15) is 20.1 Å². The zero-order chi connectivity index (χ0) is 21.2. The molecule has 0 aliphatic carbocycles. The first-order chi connectivity index (χ1) is 13.9. The van der Waals surface area contributed by atoms with Crippen LogP contribution in [0.2, 0.25) is 0 Å². The van der Waals surface area contributed by atoms with E-state index in [1.807, 2.05) is 0 Å². The number of phenolic OH excluding ortho intramolecular Hbond substituents is 1. The molecule has 0 aromatic heterocycles. The van der Waals surface area contributed by atoms with Gasteiger partial charge in [0.2, 0.25) is 0 Å². The van der Waals surface area contributed by atoms with E-state index in [0.717, 1.165) is 56.9 Å². The van der Waals surface area contributed by atoms with Crippen LogP contribution in [0.5, 0.6) is 11.5 Å². The third kappa shape index (κ3) is 7.52. The van der Waals surface area contributed by atoms with Crippen molar-refractivity contribution in [2.24, 2.45) is 0 Å². The number of aliphatic hydroxyl groups excluding tert-OH is 2. The van der Waals surface area contributed by atoms with E-state index in [1.165, 1.54) is 19.6 Å². The number of carbonyl (C=O) groups is 1. The summed E-state index contributed by atoms with van der Waals surface area (Å²) in [6.07, 6.45) is 9.64. The molecule has 1 aromatic rings. The highest BCUT2D eigenvalue weighted by Crippen LogP contribution is 2.41. The minimum atomic E-state index is -0.377. The lowest BCUT2D eigenvalue weighted by atomic mass is 9.98. The van der Waals surface area contributed by atoms with E-state index in [4.69, 9.17) is 9.47 Å². The SMILES string of the molecule is COc1cc(O)cc2c1C(=O)OC2CCCCCCCCCC(O)CCC(C)O. The van der Waals surface area contributed by atoms with Gasteiger partial charge < -0.3 is 24.8 Å². The van der Waals surface area contributed by atoms with Gasteiger partial charge in [-0.25, -0.2) is 4.79 Å². The lowest BCUT2D eigenvalue weighted by molar-refractivity contribution is 0.0361. The fourth-order valence-corrected chi connectivity index (χ4v) is 3.89. The Kier molecular flexibility index (Phi) is 9.74. The van der Waals surface area contributed by atoms with Gasteiger partial charge in [0, 0.05) is 11.6 Å². The van der Waals surface area contributed by atoms with Crippen molar-refractivity contribution in [3.63, 3.8) is 0 Å². The number of methoxy groups -OCH3 is 1. The highest BCUT2D eigenvalue weighted by Gasteiger charge is 2.34. The molecular weight excluding hydrogens is 372 g/mol. The molecule has 0 spiro atoms. The van der Waals surface area contributed by atoms with Gasteiger partial charge in [0.1, 0.15) is 23.2 Å². The Morgan fingerprint density at radius 3 is 2.31 bits per heavy atom. The second-order valence-corrected chi connectivity index (χ2v) is 8.14. The van der Waals surface area contributed by atoms with E-state index in [-0.39, 0.29) is 30.0 Å².